The molecule has 2 aromatic carbocycles. The summed E-state index contributed by atoms with van der Waals surface area (Å²) in [7, 11) is -3.69. The number of nitrogens with one attached hydrogen (secondary N) is 1. The largest absolute Gasteiger partial charge is 0.351 e. The molecule has 1 N–H and O–H groups in total. The minimum Gasteiger partial charge on any atom is -0.351 e. The van der Waals surface area contributed by atoms with Crippen LogP contribution in [0, 0.1) is 0 Å². The number of hydrogen-bond acceptors (Lipinski definition) is 3. The van der Waals surface area contributed by atoms with E-state index < -0.39 is 16.1 Å². The Morgan fingerprint density at radius 1 is 1.08 bits per heavy atom. The molecule has 3 rings (SSSR count). The second kappa shape index (κ2) is 8.20. The highest BCUT2D eigenvalue weighted by Crippen LogP contribution is 2.25. The number of rotatable bonds is 5. The van der Waals surface area contributed by atoms with Crippen LogP contribution in [-0.4, -0.2) is 31.2 Å². The Morgan fingerprint density at radius 3 is 2.46 bits per heavy atom. The zero-order chi connectivity index (χ0) is 18.6. The van der Waals surface area contributed by atoms with Crippen molar-refractivity contribution in [1.29, 1.82) is 0 Å². The Kier molecular flexibility index (Phi) is 5.96. The van der Waals surface area contributed by atoms with E-state index >= 15 is 0 Å². The van der Waals surface area contributed by atoms with E-state index in [2.05, 4.69) is 5.32 Å². The Labute approximate surface area is 159 Å². The van der Waals surface area contributed by atoms with Gasteiger partial charge in [-0.3, -0.25) is 4.79 Å². The molecular weight excluding hydrogens is 372 g/mol. The third-order valence-electron chi connectivity index (χ3n) is 4.49. The third kappa shape index (κ3) is 4.26. The monoisotopic (exact) mass is 392 g/mol. The number of piperidine rings is 1. The average molecular weight is 393 g/mol. The fraction of sp³-hybridized carbons (Fsp3) is 0.316. The highest BCUT2D eigenvalue weighted by atomic mass is 35.5. The van der Waals surface area contributed by atoms with Gasteiger partial charge in [-0.05, 0) is 42.7 Å². The quantitative estimate of drug-likeness (QED) is 0.849. The Morgan fingerprint density at radius 2 is 1.77 bits per heavy atom. The molecule has 2 aromatic rings. The summed E-state index contributed by atoms with van der Waals surface area (Å²) in [4.78, 5) is 12.9. The van der Waals surface area contributed by atoms with Gasteiger partial charge in [0, 0.05) is 18.1 Å². The summed E-state index contributed by atoms with van der Waals surface area (Å²) < 4.78 is 27.2. The minimum absolute atomic E-state index is 0.220. The smallest absolute Gasteiger partial charge is 0.243 e. The Bertz CT molecular complexity index is 854. The van der Waals surface area contributed by atoms with Crippen LogP contribution in [0.5, 0.6) is 0 Å². The van der Waals surface area contributed by atoms with E-state index in [4.69, 9.17) is 11.6 Å². The van der Waals surface area contributed by atoms with Crippen LogP contribution in [0.3, 0.4) is 0 Å². The summed E-state index contributed by atoms with van der Waals surface area (Å²) in [6, 6.07) is 14.8. The SMILES string of the molecule is O=C(NCc1ccc(Cl)cc1)[C@@H]1CCCCN1S(=O)(=O)c1ccccc1. The van der Waals surface area contributed by atoms with Crippen molar-refractivity contribution in [3.05, 3.63) is 65.2 Å². The van der Waals surface area contributed by atoms with Crippen LogP contribution in [0.25, 0.3) is 0 Å². The summed E-state index contributed by atoms with van der Waals surface area (Å²) in [5.74, 6) is -0.265. The van der Waals surface area contributed by atoms with Crippen LogP contribution in [0.2, 0.25) is 5.02 Å². The molecule has 0 aliphatic carbocycles. The zero-order valence-electron chi connectivity index (χ0n) is 14.3. The molecule has 1 saturated heterocycles. The van der Waals surface area contributed by atoms with Crippen molar-refractivity contribution in [1.82, 2.24) is 9.62 Å². The lowest BCUT2D eigenvalue weighted by atomic mass is 10.0. The number of amides is 1. The van der Waals surface area contributed by atoms with Gasteiger partial charge in [-0.15, -0.1) is 0 Å². The molecule has 26 heavy (non-hydrogen) atoms. The maximum absolute atomic E-state index is 12.9. The molecule has 0 spiro atoms. The van der Waals surface area contributed by atoms with Gasteiger partial charge >= 0.3 is 0 Å². The van der Waals surface area contributed by atoms with Crippen LogP contribution >= 0.6 is 11.6 Å². The number of benzene rings is 2. The van der Waals surface area contributed by atoms with E-state index in [-0.39, 0.29) is 10.8 Å². The van der Waals surface area contributed by atoms with Gasteiger partial charge in [-0.2, -0.15) is 4.31 Å². The van der Waals surface area contributed by atoms with Crippen LogP contribution in [0.1, 0.15) is 24.8 Å². The molecule has 1 heterocycles. The van der Waals surface area contributed by atoms with Gasteiger partial charge in [0.15, 0.2) is 0 Å². The van der Waals surface area contributed by atoms with Crippen LogP contribution in [-0.2, 0) is 21.4 Å². The predicted octanol–water partition coefficient (Wildman–Crippen LogP) is 3.20. The molecule has 1 atom stereocenters. The molecular formula is C19H21ClN2O3S. The first-order valence-corrected chi connectivity index (χ1v) is 10.4. The molecule has 0 saturated carbocycles. The lowest BCUT2D eigenvalue weighted by Gasteiger charge is -2.33. The van der Waals surface area contributed by atoms with Crippen molar-refractivity contribution >= 4 is 27.5 Å². The number of nitrogens with zero attached hydrogens (tertiary/aromatic N) is 1. The van der Waals surface area contributed by atoms with Gasteiger partial charge < -0.3 is 5.32 Å². The summed E-state index contributed by atoms with van der Waals surface area (Å²) in [6.07, 6.45) is 2.12. The van der Waals surface area contributed by atoms with Crippen LogP contribution < -0.4 is 5.32 Å². The fourth-order valence-corrected chi connectivity index (χ4v) is 4.90. The third-order valence-corrected chi connectivity index (χ3v) is 6.66. The van der Waals surface area contributed by atoms with E-state index in [0.29, 0.717) is 24.5 Å². The molecule has 1 aliphatic rings. The van der Waals surface area contributed by atoms with Gasteiger partial charge in [0.2, 0.25) is 15.9 Å². The molecule has 0 aromatic heterocycles. The minimum atomic E-state index is -3.69. The van der Waals surface area contributed by atoms with E-state index in [1.54, 1.807) is 42.5 Å². The summed E-state index contributed by atoms with van der Waals surface area (Å²) in [5.41, 5.74) is 0.913. The van der Waals surface area contributed by atoms with Gasteiger partial charge in [0.05, 0.1) is 4.90 Å². The Hall–Kier alpha value is -1.89. The van der Waals surface area contributed by atoms with Crippen molar-refractivity contribution in [2.75, 3.05) is 6.54 Å². The standard InChI is InChI=1S/C19H21ClN2O3S/c20-16-11-9-15(10-12-16)14-21-19(23)18-8-4-5-13-22(18)26(24,25)17-6-2-1-3-7-17/h1-3,6-7,9-12,18H,4-5,8,13-14H2,(H,21,23)/t18-/m0/s1. The molecule has 0 bridgehead atoms. The van der Waals surface area contributed by atoms with Crippen LogP contribution in [0.4, 0.5) is 0 Å². The molecule has 138 valence electrons. The van der Waals surface area contributed by atoms with Crippen LogP contribution in [0.15, 0.2) is 59.5 Å². The second-order valence-corrected chi connectivity index (χ2v) is 8.61. The number of carbonyl (C=O) groups excluding carboxylic acids is 1. The van der Waals surface area contributed by atoms with E-state index in [9.17, 15) is 13.2 Å². The summed E-state index contributed by atoms with van der Waals surface area (Å²) in [6.45, 7) is 0.696. The van der Waals surface area contributed by atoms with Gasteiger partial charge in [-0.1, -0.05) is 48.4 Å². The first kappa shape index (κ1) is 18.9. The molecule has 7 heteroatoms. The normalized spacial score (nSPS) is 18.4. The maximum atomic E-state index is 12.9. The second-order valence-electron chi connectivity index (χ2n) is 6.28. The zero-order valence-corrected chi connectivity index (χ0v) is 15.8. The summed E-state index contributed by atoms with van der Waals surface area (Å²) in [5, 5.41) is 3.49. The molecule has 5 nitrogen and oxygen atoms in total. The highest BCUT2D eigenvalue weighted by molar-refractivity contribution is 7.89. The van der Waals surface area contributed by atoms with Gasteiger partial charge in [0.25, 0.3) is 0 Å². The first-order valence-electron chi connectivity index (χ1n) is 8.57. The predicted molar refractivity (Wildman–Crippen MR) is 101 cm³/mol. The first-order chi connectivity index (χ1) is 12.5. The molecule has 1 aliphatic heterocycles. The van der Waals surface area contributed by atoms with Crippen molar-refractivity contribution in [2.24, 2.45) is 0 Å². The maximum Gasteiger partial charge on any atom is 0.243 e. The molecule has 0 unspecified atom stereocenters. The van der Waals surface area contributed by atoms with Crippen molar-refractivity contribution in [2.45, 2.75) is 36.7 Å². The molecule has 0 radical (unpaired) electrons. The highest BCUT2D eigenvalue weighted by Gasteiger charge is 2.37. The van der Waals surface area contributed by atoms with E-state index in [1.807, 2.05) is 12.1 Å². The van der Waals surface area contributed by atoms with E-state index in [0.717, 1.165) is 18.4 Å². The van der Waals surface area contributed by atoms with Crippen molar-refractivity contribution < 1.29 is 13.2 Å². The summed E-state index contributed by atoms with van der Waals surface area (Å²) >= 11 is 5.86. The lowest BCUT2D eigenvalue weighted by Crippen LogP contribution is -2.51. The molecule has 1 fully saturated rings. The number of hydrogen-bond donors (Lipinski definition) is 1. The number of halogens is 1. The average Bonchev–Trinajstić information content (AvgIpc) is 2.68. The number of carbonyl (C=O) groups is 1. The van der Waals surface area contributed by atoms with Crippen molar-refractivity contribution in [3.63, 3.8) is 0 Å². The topological polar surface area (TPSA) is 66.5 Å². The number of sulfonamides is 1. The Balaban J connectivity index is 1.74. The van der Waals surface area contributed by atoms with E-state index in [1.165, 1.54) is 4.31 Å². The fourth-order valence-electron chi connectivity index (χ4n) is 3.09. The van der Waals surface area contributed by atoms with Crippen molar-refractivity contribution in [3.8, 4) is 0 Å². The van der Waals surface area contributed by atoms with Gasteiger partial charge in [0.1, 0.15) is 6.04 Å². The molecule has 1 amide bonds. The van der Waals surface area contributed by atoms with Gasteiger partial charge in [-0.25, -0.2) is 8.42 Å². The lowest BCUT2D eigenvalue weighted by molar-refractivity contribution is -0.125.